The van der Waals surface area contributed by atoms with Crippen LogP contribution in [0.5, 0.6) is 0 Å². The molecule has 9 rings (SSSR count). The smallest absolute Gasteiger partial charge is 0.0468 e. The molecule has 216 valence electrons. The number of hydrogen-bond acceptors (Lipinski definition) is 2. The van der Waals surface area contributed by atoms with Gasteiger partial charge in [-0.15, -0.1) is 11.3 Å². The SMILES string of the molecule is c1ccc(-c2ccc(N(c3ccc(-c4cccc5sc6ccccc6c45)cc3)c3ccc4c(ccc5ccccc54)c3)cc2)cc1. The topological polar surface area (TPSA) is 3.24 Å². The molecule has 1 nitrogen and oxygen atoms in total. The predicted molar refractivity (Wildman–Crippen MR) is 200 cm³/mol. The first-order valence-corrected chi connectivity index (χ1v) is 16.5. The Morgan fingerprint density at radius 1 is 0.348 bits per heavy atom. The number of thiophene rings is 1. The van der Waals surface area contributed by atoms with Gasteiger partial charge in [-0.25, -0.2) is 0 Å². The molecule has 8 aromatic carbocycles. The molecule has 0 unspecified atom stereocenters. The normalized spacial score (nSPS) is 11.5. The van der Waals surface area contributed by atoms with E-state index in [0.29, 0.717) is 0 Å². The maximum atomic E-state index is 2.37. The maximum absolute atomic E-state index is 2.37. The van der Waals surface area contributed by atoms with Crippen molar-refractivity contribution in [3.8, 4) is 22.3 Å². The minimum Gasteiger partial charge on any atom is -0.310 e. The first-order valence-electron chi connectivity index (χ1n) is 15.7. The summed E-state index contributed by atoms with van der Waals surface area (Å²) in [7, 11) is 0. The van der Waals surface area contributed by atoms with E-state index in [1.54, 1.807) is 0 Å². The van der Waals surface area contributed by atoms with Crippen LogP contribution in [-0.4, -0.2) is 0 Å². The second-order valence-electron chi connectivity index (χ2n) is 11.8. The average Bonchev–Trinajstić information content (AvgIpc) is 3.52. The standard InChI is InChI=1S/C44H29NS/c1-2-9-30(10-3-1)31-19-23-35(24-20-31)45(37-27-28-39-34(29-37)18-17-32-11-4-5-12-38(32)39)36-25-21-33(22-26-36)40-14-8-16-43-44(40)41-13-6-7-15-42(41)46-43/h1-29H. The summed E-state index contributed by atoms with van der Waals surface area (Å²) in [4.78, 5) is 2.37. The molecule has 46 heavy (non-hydrogen) atoms. The van der Waals surface area contributed by atoms with Crippen LogP contribution in [0.25, 0.3) is 64.0 Å². The van der Waals surface area contributed by atoms with E-state index in [4.69, 9.17) is 0 Å². The van der Waals surface area contributed by atoms with Gasteiger partial charge in [-0.3, -0.25) is 0 Å². The average molecular weight is 604 g/mol. The highest BCUT2D eigenvalue weighted by molar-refractivity contribution is 7.25. The van der Waals surface area contributed by atoms with Gasteiger partial charge in [-0.05, 0) is 92.3 Å². The van der Waals surface area contributed by atoms with Crippen molar-refractivity contribution in [1.82, 2.24) is 0 Å². The van der Waals surface area contributed by atoms with E-state index in [2.05, 4.69) is 181 Å². The Morgan fingerprint density at radius 2 is 0.935 bits per heavy atom. The van der Waals surface area contributed by atoms with E-state index in [1.165, 1.54) is 64.0 Å². The molecule has 0 bridgehead atoms. The Bertz CT molecular complexity index is 2510. The van der Waals surface area contributed by atoms with E-state index < -0.39 is 0 Å². The molecule has 0 atom stereocenters. The molecule has 0 aliphatic carbocycles. The Labute approximate surface area is 272 Å². The molecule has 0 spiro atoms. The molecule has 0 aliphatic rings. The summed E-state index contributed by atoms with van der Waals surface area (Å²) in [6.07, 6.45) is 0. The Kier molecular flexibility index (Phi) is 6.40. The van der Waals surface area contributed by atoms with Gasteiger partial charge in [0.1, 0.15) is 0 Å². The van der Waals surface area contributed by atoms with Crippen LogP contribution < -0.4 is 4.90 Å². The Hall–Kier alpha value is -5.70. The molecule has 0 saturated carbocycles. The second kappa shape index (κ2) is 11.0. The number of fused-ring (bicyclic) bond motifs is 6. The lowest BCUT2D eigenvalue weighted by Crippen LogP contribution is -2.09. The monoisotopic (exact) mass is 603 g/mol. The van der Waals surface area contributed by atoms with Crippen molar-refractivity contribution in [2.45, 2.75) is 0 Å². The molecule has 0 saturated heterocycles. The van der Waals surface area contributed by atoms with Gasteiger partial charge in [-0.2, -0.15) is 0 Å². The highest BCUT2D eigenvalue weighted by atomic mass is 32.1. The zero-order valence-electron chi connectivity index (χ0n) is 25.1. The highest BCUT2D eigenvalue weighted by Crippen LogP contribution is 2.42. The second-order valence-corrected chi connectivity index (χ2v) is 12.8. The minimum atomic E-state index is 1.12. The van der Waals surface area contributed by atoms with Crippen LogP contribution in [0.4, 0.5) is 17.1 Å². The maximum Gasteiger partial charge on any atom is 0.0468 e. The van der Waals surface area contributed by atoms with E-state index in [9.17, 15) is 0 Å². The van der Waals surface area contributed by atoms with Crippen molar-refractivity contribution in [3.63, 3.8) is 0 Å². The lowest BCUT2D eigenvalue weighted by atomic mass is 9.98. The van der Waals surface area contributed by atoms with Gasteiger partial charge in [-0.1, -0.05) is 127 Å². The minimum absolute atomic E-state index is 1.12. The van der Waals surface area contributed by atoms with Crippen molar-refractivity contribution in [3.05, 3.63) is 176 Å². The largest absolute Gasteiger partial charge is 0.310 e. The Morgan fingerprint density at radius 3 is 1.74 bits per heavy atom. The molecular weight excluding hydrogens is 575 g/mol. The van der Waals surface area contributed by atoms with Crippen LogP contribution in [-0.2, 0) is 0 Å². The third-order valence-corrected chi connectivity index (χ3v) is 10.2. The summed E-state index contributed by atoms with van der Waals surface area (Å²) >= 11 is 1.87. The number of anilines is 3. The van der Waals surface area contributed by atoms with Gasteiger partial charge in [0.15, 0.2) is 0 Å². The molecule has 1 aromatic heterocycles. The third kappa shape index (κ3) is 4.54. The number of hydrogen-bond donors (Lipinski definition) is 0. The van der Waals surface area contributed by atoms with Crippen LogP contribution in [0.1, 0.15) is 0 Å². The van der Waals surface area contributed by atoms with E-state index in [-0.39, 0.29) is 0 Å². The Balaban J connectivity index is 1.17. The van der Waals surface area contributed by atoms with Crippen molar-refractivity contribution in [2.24, 2.45) is 0 Å². The number of rotatable bonds is 5. The molecular formula is C44H29NS. The highest BCUT2D eigenvalue weighted by Gasteiger charge is 2.16. The summed E-state index contributed by atoms with van der Waals surface area (Å²) in [6, 6.07) is 63.9. The van der Waals surface area contributed by atoms with E-state index in [0.717, 1.165) is 17.1 Å². The van der Waals surface area contributed by atoms with Gasteiger partial charge in [0.2, 0.25) is 0 Å². The fraction of sp³-hybridized carbons (Fsp3) is 0. The van der Waals surface area contributed by atoms with Crippen LogP contribution in [0.15, 0.2) is 176 Å². The van der Waals surface area contributed by atoms with Crippen molar-refractivity contribution < 1.29 is 0 Å². The fourth-order valence-corrected chi connectivity index (χ4v) is 7.96. The van der Waals surface area contributed by atoms with Crippen molar-refractivity contribution in [2.75, 3.05) is 4.90 Å². The quantitative estimate of drug-likeness (QED) is 0.177. The van der Waals surface area contributed by atoms with Gasteiger partial charge >= 0.3 is 0 Å². The molecule has 2 heteroatoms. The zero-order valence-corrected chi connectivity index (χ0v) is 25.9. The molecule has 0 aliphatic heterocycles. The predicted octanol–water partition coefficient (Wildman–Crippen LogP) is 13.2. The van der Waals surface area contributed by atoms with Gasteiger partial charge in [0.25, 0.3) is 0 Å². The van der Waals surface area contributed by atoms with Gasteiger partial charge in [0.05, 0.1) is 0 Å². The summed E-state index contributed by atoms with van der Waals surface area (Å²) in [6.45, 7) is 0. The molecule has 0 N–H and O–H groups in total. The number of nitrogens with zero attached hydrogens (tertiary/aromatic N) is 1. The van der Waals surface area contributed by atoms with Crippen LogP contribution in [0, 0.1) is 0 Å². The summed E-state index contributed by atoms with van der Waals surface area (Å²) < 4.78 is 2.65. The van der Waals surface area contributed by atoms with E-state index in [1.807, 2.05) is 11.3 Å². The molecule has 0 fully saturated rings. The summed E-state index contributed by atoms with van der Waals surface area (Å²) in [5.41, 5.74) is 8.31. The zero-order chi connectivity index (χ0) is 30.5. The van der Waals surface area contributed by atoms with Gasteiger partial charge < -0.3 is 4.90 Å². The summed E-state index contributed by atoms with van der Waals surface area (Å²) in [5, 5.41) is 7.71. The lowest BCUT2D eigenvalue weighted by Gasteiger charge is -2.26. The summed E-state index contributed by atoms with van der Waals surface area (Å²) in [5.74, 6) is 0. The first-order chi connectivity index (χ1) is 22.8. The fourth-order valence-electron chi connectivity index (χ4n) is 6.83. The van der Waals surface area contributed by atoms with Crippen LogP contribution >= 0.6 is 11.3 Å². The molecule has 0 radical (unpaired) electrons. The number of benzene rings is 8. The third-order valence-electron chi connectivity index (χ3n) is 9.06. The molecule has 0 amide bonds. The van der Waals surface area contributed by atoms with Crippen LogP contribution in [0.3, 0.4) is 0 Å². The van der Waals surface area contributed by atoms with E-state index >= 15 is 0 Å². The molecule has 9 aromatic rings. The van der Waals surface area contributed by atoms with Crippen molar-refractivity contribution in [1.29, 1.82) is 0 Å². The molecule has 1 heterocycles. The lowest BCUT2D eigenvalue weighted by molar-refractivity contribution is 1.29. The van der Waals surface area contributed by atoms with Crippen LogP contribution in [0.2, 0.25) is 0 Å². The first kappa shape index (κ1) is 26.7. The van der Waals surface area contributed by atoms with Gasteiger partial charge in [0, 0.05) is 37.2 Å². The van der Waals surface area contributed by atoms with Crippen molar-refractivity contribution >= 4 is 70.1 Å².